The first-order valence-corrected chi connectivity index (χ1v) is 5.69. The zero-order valence-corrected chi connectivity index (χ0v) is 9.43. The minimum Gasteiger partial charge on any atom is -0.392 e. The highest BCUT2D eigenvalue weighted by molar-refractivity contribution is 5.05. The van der Waals surface area contributed by atoms with E-state index in [1.54, 1.807) is 6.07 Å². The van der Waals surface area contributed by atoms with Crippen molar-refractivity contribution in [3.63, 3.8) is 0 Å². The van der Waals surface area contributed by atoms with E-state index in [-0.39, 0.29) is 18.0 Å². The van der Waals surface area contributed by atoms with E-state index in [1.165, 1.54) is 12.3 Å². The topological polar surface area (TPSA) is 36.4 Å². The Kier molecular flexibility index (Phi) is 3.51. The van der Waals surface area contributed by atoms with Crippen LogP contribution in [0.5, 0.6) is 0 Å². The molecule has 3 nitrogen and oxygen atoms in total. The van der Waals surface area contributed by atoms with E-state index in [0.29, 0.717) is 6.54 Å². The van der Waals surface area contributed by atoms with Crippen molar-refractivity contribution < 1.29 is 9.50 Å². The lowest BCUT2D eigenvalue weighted by Crippen LogP contribution is -2.45. The Hall–Kier alpha value is -1.00. The molecule has 0 bridgehead atoms. The quantitative estimate of drug-likeness (QED) is 0.828. The number of aromatic nitrogens is 1. The van der Waals surface area contributed by atoms with Crippen LogP contribution in [0.2, 0.25) is 0 Å². The second-order valence-corrected chi connectivity index (χ2v) is 4.39. The molecule has 4 heteroatoms. The number of rotatable bonds is 2. The summed E-state index contributed by atoms with van der Waals surface area (Å²) >= 11 is 0. The summed E-state index contributed by atoms with van der Waals surface area (Å²) in [6, 6.07) is 3.27. The Morgan fingerprint density at radius 1 is 1.56 bits per heavy atom. The molecule has 1 N–H and O–H groups in total. The van der Waals surface area contributed by atoms with Crippen molar-refractivity contribution in [3.8, 4) is 0 Å². The maximum absolute atomic E-state index is 12.7. The first kappa shape index (κ1) is 11.5. The Bertz CT molecular complexity index is 341. The fourth-order valence-corrected chi connectivity index (χ4v) is 2.12. The van der Waals surface area contributed by atoms with E-state index in [9.17, 15) is 9.50 Å². The second kappa shape index (κ2) is 4.89. The van der Waals surface area contributed by atoms with Gasteiger partial charge in [0.05, 0.1) is 18.0 Å². The fraction of sp³-hybridized carbons (Fsp3) is 0.583. The van der Waals surface area contributed by atoms with Gasteiger partial charge in [0.1, 0.15) is 5.82 Å². The fourth-order valence-electron chi connectivity index (χ4n) is 2.12. The third kappa shape index (κ3) is 2.57. The molecule has 0 spiro atoms. The number of pyridine rings is 1. The van der Waals surface area contributed by atoms with E-state index < -0.39 is 0 Å². The first-order chi connectivity index (χ1) is 7.66. The van der Waals surface area contributed by atoms with Gasteiger partial charge in [0.25, 0.3) is 0 Å². The lowest BCUT2D eigenvalue weighted by Gasteiger charge is -2.36. The molecule has 1 aromatic rings. The van der Waals surface area contributed by atoms with E-state index in [2.05, 4.69) is 9.88 Å². The molecule has 1 fully saturated rings. The Morgan fingerprint density at radius 2 is 2.38 bits per heavy atom. The third-order valence-corrected chi connectivity index (χ3v) is 3.23. The highest BCUT2D eigenvalue weighted by Crippen LogP contribution is 2.19. The summed E-state index contributed by atoms with van der Waals surface area (Å²) in [4.78, 5) is 6.22. The summed E-state index contributed by atoms with van der Waals surface area (Å²) in [5, 5.41) is 9.75. The average molecular weight is 224 g/mol. The van der Waals surface area contributed by atoms with Crippen molar-refractivity contribution in [1.29, 1.82) is 0 Å². The first-order valence-electron chi connectivity index (χ1n) is 5.69. The van der Waals surface area contributed by atoms with Crippen molar-refractivity contribution in [2.75, 3.05) is 6.54 Å². The van der Waals surface area contributed by atoms with Crippen molar-refractivity contribution in [1.82, 2.24) is 9.88 Å². The zero-order chi connectivity index (χ0) is 11.5. The van der Waals surface area contributed by atoms with Crippen molar-refractivity contribution in [2.24, 2.45) is 0 Å². The molecule has 0 saturated carbocycles. The van der Waals surface area contributed by atoms with Gasteiger partial charge in [0.2, 0.25) is 0 Å². The summed E-state index contributed by atoms with van der Waals surface area (Å²) in [6.07, 6.45) is 2.86. The summed E-state index contributed by atoms with van der Waals surface area (Å²) in [5.74, 6) is -0.310. The molecule has 0 aliphatic carbocycles. The predicted molar refractivity (Wildman–Crippen MR) is 59.3 cm³/mol. The van der Waals surface area contributed by atoms with Gasteiger partial charge in [-0.05, 0) is 38.4 Å². The molecular weight excluding hydrogens is 207 g/mol. The zero-order valence-electron chi connectivity index (χ0n) is 9.43. The van der Waals surface area contributed by atoms with Crippen LogP contribution in [0, 0.1) is 5.82 Å². The van der Waals surface area contributed by atoms with Crippen molar-refractivity contribution >= 4 is 0 Å². The summed E-state index contributed by atoms with van der Waals surface area (Å²) in [6.45, 7) is 3.67. The number of nitrogens with zero attached hydrogens (tertiary/aromatic N) is 2. The lowest BCUT2D eigenvalue weighted by molar-refractivity contribution is 0.0151. The van der Waals surface area contributed by atoms with Crippen molar-refractivity contribution in [2.45, 2.75) is 38.5 Å². The van der Waals surface area contributed by atoms with Gasteiger partial charge in [0.15, 0.2) is 0 Å². The van der Waals surface area contributed by atoms with Gasteiger partial charge in [-0.15, -0.1) is 0 Å². The molecule has 2 rings (SSSR count). The van der Waals surface area contributed by atoms with Crippen LogP contribution in [0.3, 0.4) is 0 Å². The molecule has 2 unspecified atom stereocenters. The SMILES string of the molecule is CC1C(O)CCCN1Cc1ccc(F)cn1. The standard InChI is InChI=1S/C12H17FN2O/c1-9-12(16)3-2-6-15(9)8-11-5-4-10(13)7-14-11/h4-5,7,9,12,16H,2-3,6,8H2,1H3. The third-order valence-electron chi connectivity index (χ3n) is 3.23. The van der Waals surface area contributed by atoms with Crippen LogP contribution in [-0.2, 0) is 6.54 Å². The minimum atomic E-state index is -0.310. The van der Waals surface area contributed by atoms with Crippen LogP contribution in [0.15, 0.2) is 18.3 Å². The monoisotopic (exact) mass is 224 g/mol. The minimum absolute atomic E-state index is 0.153. The molecule has 88 valence electrons. The van der Waals surface area contributed by atoms with Crippen LogP contribution in [0.1, 0.15) is 25.5 Å². The van der Waals surface area contributed by atoms with Gasteiger partial charge < -0.3 is 5.11 Å². The molecule has 16 heavy (non-hydrogen) atoms. The van der Waals surface area contributed by atoms with Crippen LogP contribution >= 0.6 is 0 Å². The van der Waals surface area contributed by atoms with Gasteiger partial charge in [-0.3, -0.25) is 9.88 Å². The number of aliphatic hydroxyl groups excluding tert-OH is 1. The maximum Gasteiger partial charge on any atom is 0.141 e. The normalized spacial score (nSPS) is 26.9. The van der Waals surface area contributed by atoms with E-state index in [4.69, 9.17) is 0 Å². The smallest absolute Gasteiger partial charge is 0.141 e. The Balaban J connectivity index is 2.00. The molecule has 0 radical (unpaired) electrons. The molecule has 0 aromatic carbocycles. The predicted octanol–water partition coefficient (Wildman–Crippen LogP) is 1.57. The molecule has 1 aliphatic rings. The summed E-state index contributed by atoms with van der Waals surface area (Å²) in [7, 11) is 0. The van der Waals surface area contributed by atoms with E-state index >= 15 is 0 Å². The highest BCUT2D eigenvalue weighted by Gasteiger charge is 2.26. The number of hydrogen-bond donors (Lipinski definition) is 1. The highest BCUT2D eigenvalue weighted by atomic mass is 19.1. The second-order valence-electron chi connectivity index (χ2n) is 4.39. The lowest BCUT2D eigenvalue weighted by atomic mass is 10.0. The number of aliphatic hydroxyl groups is 1. The van der Waals surface area contributed by atoms with Crippen molar-refractivity contribution in [3.05, 3.63) is 29.8 Å². The molecule has 1 aromatic heterocycles. The molecule has 1 aliphatic heterocycles. The van der Waals surface area contributed by atoms with Gasteiger partial charge in [-0.1, -0.05) is 0 Å². The summed E-state index contributed by atoms with van der Waals surface area (Å²) in [5.41, 5.74) is 0.849. The van der Waals surface area contributed by atoms with Crippen LogP contribution in [-0.4, -0.2) is 33.7 Å². The van der Waals surface area contributed by atoms with E-state index in [1.807, 2.05) is 6.92 Å². The molecule has 0 amide bonds. The van der Waals surface area contributed by atoms with Crippen LogP contribution < -0.4 is 0 Å². The van der Waals surface area contributed by atoms with Gasteiger partial charge >= 0.3 is 0 Å². The number of piperidine rings is 1. The van der Waals surface area contributed by atoms with Gasteiger partial charge in [0, 0.05) is 12.6 Å². The van der Waals surface area contributed by atoms with E-state index in [0.717, 1.165) is 25.1 Å². The number of likely N-dealkylation sites (tertiary alicyclic amines) is 1. The number of halogens is 1. The molecule has 2 heterocycles. The van der Waals surface area contributed by atoms with Gasteiger partial charge in [-0.25, -0.2) is 4.39 Å². The maximum atomic E-state index is 12.7. The molecule has 1 saturated heterocycles. The molecular formula is C12H17FN2O. The Labute approximate surface area is 94.9 Å². The average Bonchev–Trinajstić information content (AvgIpc) is 2.28. The van der Waals surface area contributed by atoms with Crippen LogP contribution in [0.25, 0.3) is 0 Å². The Morgan fingerprint density at radius 3 is 3.06 bits per heavy atom. The summed E-state index contributed by atoms with van der Waals surface area (Å²) < 4.78 is 12.7. The largest absolute Gasteiger partial charge is 0.392 e. The van der Waals surface area contributed by atoms with Gasteiger partial charge in [-0.2, -0.15) is 0 Å². The van der Waals surface area contributed by atoms with Crippen LogP contribution in [0.4, 0.5) is 4.39 Å². The number of hydrogen-bond acceptors (Lipinski definition) is 3. The molecule has 2 atom stereocenters.